The van der Waals surface area contributed by atoms with Crippen molar-refractivity contribution in [1.82, 2.24) is 5.32 Å². The Morgan fingerprint density at radius 2 is 2.00 bits per heavy atom. The van der Waals surface area contributed by atoms with Crippen LogP contribution in [0, 0.1) is 11.7 Å². The summed E-state index contributed by atoms with van der Waals surface area (Å²) in [6.07, 6.45) is 0.209. The van der Waals surface area contributed by atoms with E-state index in [9.17, 15) is 9.18 Å². The number of halogens is 1. The van der Waals surface area contributed by atoms with E-state index in [0.717, 1.165) is 6.42 Å². The van der Waals surface area contributed by atoms with Crippen LogP contribution in [0.5, 0.6) is 5.75 Å². The Morgan fingerprint density at radius 3 is 2.57 bits per heavy atom. The zero-order valence-electron chi connectivity index (χ0n) is 13.2. The van der Waals surface area contributed by atoms with Gasteiger partial charge >= 0.3 is 0 Å². The van der Waals surface area contributed by atoms with Gasteiger partial charge in [0.15, 0.2) is 6.10 Å². The van der Waals surface area contributed by atoms with Crippen molar-refractivity contribution in [3.05, 3.63) is 29.6 Å². The molecule has 1 aromatic carbocycles. The first kappa shape index (κ1) is 17.4. The third-order valence-electron chi connectivity index (χ3n) is 3.16. The second kappa shape index (κ2) is 7.98. The molecule has 1 unspecified atom stereocenters. The lowest BCUT2D eigenvalue weighted by Crippen LogP contribution is -2.37. The van der Waals surface area contributed by atoms with Gasteiger partial charge in [0.05, 0.1) is 0 Å². The molecule has 3 N–H and O–H groups in total. The number of carbonyl (C=O) groups is 1. The molecule has 1 amide bonds. The monoisotopic (exact) mass is 296 g/mol. The molecule has 1 aromatic rings. The molecule has 0 bridgehead atoms. The predicted octanol–water partition coefficient (Wildman–Crippen LogP) is 2.78. The highest BCUT2D eigenvalue weighted by Crippen LogP contribution is 2.25. The van der Waals surface area contributed by atoms with Crippen LogP contribution in [0.15, 0.2) is 18.2 Å². The van der Waals surface area contributed by atoms with Crippen LogP contribution in [-0.2, 0) is 4.79 Å². The van der Waals surface area contributed by atoms with Gasteiger partial charge in [0.2, 0.25) is 0 Å². The van der Waals surface area contributed by atoms with Gasteiger partial charge in [-0.3, -0.25) is 4.79 Å². The number of hydrogen-bond acceptors (Lipinski definition) is 3. The first-order chi connectivity index (χ1) is 9.81. The van der Waals surface area contributed by atoms with Crippen LogP contribution in [0.25, 0.3) is 0 Å². The summed E-state index contributed by atoms with van der Waals surface area (Å²) >= 11 is 0. The Bertz CT molecular complexity index is 475. The molecule has 0 aromatic heterocycles. The summed E-state index contributed by atoms with van der Waals surface area (Å²) in [7, 11) is 0. The average molecular weight is 296 g/mol. The van der Waals surface area contributed by atoms with Gasteiger partial charge in [-0.1, -0.05) is 19.9 Å². The van der Waals surface area contributed by atoms with Crippen molar-refractivity contribution in [2.45, 2.75) is 46.3 Å². The van der Waals surface area contributed by atoms with Crippen molar-refractivity contribution >= 4 is 5.91 Å². The number of hydrogen-bond donors (Lipinski definition) is 2. The highest BCUT2D eigenvalue weighted by Gasteiger charge is 2.17. The van der Waals surface area contributed by atoms with Gasteiger partial charge in [-0.25, -0.2) is 4.39 Å². The Balaban J connectivity index is 2.67. The van der Waals surface area contributed by atoms with E-state index < -0.39 is 11.9 Å². The molecule has 0 saturated heterocycles. The molecule has 0 heterocycles. The summed E-state index contributed by atoms with van der Waals surface area (Å²) in [5.41, 5.74) is 6.51. The average Bonchev–Trinajstić information content (AvgIpc) is 2.37. The van der Waals surface area contributed by atoms with E-state index in [1.807, 2.05) is 0 Å². The molecule has 0 fully saturated rings. The molecule has 4 nitrogen and oxygen atoms in total. The van der Waals surface area contributed by atoms with E-state index >= 15 is 0 Å². The molecule has 0 aliphatic heterocycles. The Hall–Kier alpha value is -1.62. The van der Waals surface area contributed by atoms with Gasteiger partial charge in [-0.2, -0.15) is 0 Å². The van der Waals surface area contributed by atoms with E-state index in [4.69, 9.17) is 10.5 Å². The third kappa shape index (κ3) is 5.71. The normalized spacial score (nSPS) is 13.9. The summed E-state index contributed by atoms with van der Waals surface area (Å²) < 4.78 is 18.9. The molecule has 0 aliphatic carbocycles. The topological polar surface area (TPSA) is 64.3 Å². The fourth-order valence-corrected chi connectivity index (χ4v) is 1.86. The maximum atomic E-state index is 13.3. The van der Waals surface area contributed by atoms with E-state index in [2.05, 4.69) is 19.2 Å². The van der Waals surface area contributed by atoms with Crippen molar-refractivity contribution in [1.29, 1.82) is 0 Å². The van der Waals surface area contributed by atoms with Gasteiger partial charge in [0, 0.05) is 24.2 Å². The van der Waals surface area contributed by atoms with Crippen LogP contribution in [0.4, 0.5) is 4.39 Å². The van der Waals surface area contributed by atoms with Gasteiger partial charge in [0.25, 0.3) is 5.91 Å². The molecule has 21 heavy (non-hydrogen) atoms. The molecular formula is C16H25FN2O2. The number of nitrogens with one attached hydrogen (secondary N) is 1. The van der Waals surface area contributed by atoms with Gasteiger partial charge < -0.3 is 15.8 Å². The van der Waals surface area contributed by atoms with Gasteiger partial charge in [-0.15, -0.1) is 0 Å². The number of benzene rings is 1. The van der Waals surface area contributed by atoms with Crippen molar-refractivity contribution < 1.29 is 13.9 Å². The molecule has 2 atom stereocenters. The van der Waals surface area contributed by atoms with E-state index in [0.29, 0.717) is 23.8 Å². The SMILES string of the molecule is CC(C)CCNC(=O)C(C)Oc1cc(F)ccc1[C@H](C)N. The van der Waals surface area contributed by atoms with Crippen LogP contribution in [0.2, 0.25) is 0 Å². The highest BCUT2D eigenvalue weighted by atomic mass is 19.1. The Morgan fingerprint density at radius 1 is 1.33 bits per heavy atom. The van der Waals surface area contributed by atoms with Crippen molar-refractivity contribution in [3.8, 4) is 5.75 Å². The quantitative estimate of drug-likeness (QED) is 0.813. The number of nitrogens with two attached hydrogens (primary N) is 1. The Labute approximate surface area is 125 Å². The molecule has 1 rings (SSSR count). The second-order valence-corrected chi connectivity index (χ2v) is 5.70. The Kier molecular flexibility index (Phi) is 6.62. The molecule has 5 heteroatoms. The largest absolute Gasteiger partial charge is 0.480 e. The molecule has 0 aliphatic rings. The first-order valence-electron chi connectivity index (χ1n) is 7.30. The minimum Gasteiger partial charge on any atom is -0.480 e. The lowest BCUT2D eigenvalue weighted by molar-refractivity contribution is -0.127. The maximum absolute atomic E-state index is 13.3. The minimum atomic E-state index is -0.698. The third-order valence-corrected chi connectivity index (χ3v) is 3.16. The highest BCUT2D eigenvalue weighted by molar-refractivity contribution is 5.80. The van der Waals surface area contributed by atoms with Crippen LogP contribution in [-0.4, -0.2) is 18.6 Å². The fourth-order valence-electron chi connectivity index (χ4n) is 1.86. The lowest BCUT2D eigenvalue weighted by Gasteiger charge is -2.19. The molecule has 0 saturated carbocycles. The standard InChI is InChI=1S/C16H25FN2O2/c1-10(2)7-8-19-16(20)12(4)21-15-9-13(17)5-6-14(15)11(3)18/h5-6,9-12H,7-8,18H2,1-4H3,(H,19,20)/t11-,12?/m0/s1. The predicted molar refractivity (Wildman–Crippen MR) is 81.6 cm³/mol. The lowest BCUT2D eigenvalue weighted by atomic mass is 10.1. The van der Waals surface area contributed by atoms with Crippen molar-refractivity contribution in [2.75, 3.05) is 6.54 Å². The van der Waals surface area contributed by atoms with E-state index in [1.54, 1.807) is 19.9 Å². The summed E-state index contributed by atoms with van der Waals surface area (Å²) in [6, 6.07) is 3.88. The second-order valence-electron chi connectivity index (χ2n) is 5.70. The number of ether oxygens (including phenoxy) is 1. The van der Waals surface area contributed by atoms with Crippen LogP contribution >= 0.6 is 0 Å². The van der Waals surface area contributed by atoms with Gasteiger partial charge in [-0.05, 0) is 32.3 Å². The zero-order chi connectivity index (χ0) is 16.0. The number of amides is 1. The number of rotatable bonds is 7. The first-order valence-corrected chi connectivity index (χ1v) is 7.30. The fraction of sp³-hybridized carbons (Fsp3) is 0.562. The molecule has 0 radical (unpaired) electrons. The molecule has 118 valence electrons. The van der Waals surface area contributed by atoms with E-state index in [-0.39, 0.29) is 11.9 Å². The van der Waals surface area contributed by atoms with Crippen LogP contribution < -0.4 is 15.8 Å². The van der Waals surface area contributed by atoms with Gasteiger partial charge in [0.1, 0.15) is 11.6 Å². The minimum absolute atomic E-state index is 0.212. The molecule has 0 spiro atoms. The van der Waals surface area contributed by atoms with Crippen molar-refractivity contribution in [2.24, 2.45) is 11.7 Å². The molecular weight excluding hydrogens is 271 g/mol. The zero-order valence-corrected chi connectivity index (χ0v) is 13.2. The van der Waals surface area contributed by atoms with Crippen molar-refractivity contribution in [3.63, 3.8) is 0 Å². The van der Waals surface area contributed by atoms with Crippen LogP contribution in [0.3, 0.4) is 0 Å². The smallest absolute Gasteiger partial charge is 0.260 e. The number of carbonyl (C=O) groups excluding carboxylic acids is 1. The summed E-state index contributed by atoms with van der Waals surface area (Å²) in [5, 5.41) is 2.81. The summed E-state index contributed by atoms with van der Waals surface area (Å²) in [4.78, 5) is 11.9. The van der Waals surface area contributed by atoms with Crippen LogP contribution in [0.1, 0.15) is 45.7 Å². The maximum Gasteiger partial charge on any atom is 0.260 e. The van der Waals surface area contributed by atoms with E-state index in [1.165, 1.54) is 12.1 Å². The summed E-state index contributed by atoms with van der Waals surface area (Å²) in [6.45, 7) is 8.21. The summed E-state index contributed by atoms with van der Waals surface area (Å²) in [5.74, 6) is 0.211.